The van der Waals surface area contributed by atoms with Crippen molar-refractivity contribution in [2.75, 3.05) is 5.32 Å². The maximum Gasteiger partial charge on any atom is 0.259 e. The molecule has 1 N–H and O–H groups in total. The second-order valence-corrected chi connectivity index (χ2v) is 12.0. The van der Waals surface area contributed by atoms with Crippen molar-refractivity contribution in [1.29, 1.82) is 5.26 Å². The number of rotatable bonds is 7. The highest BCUT2D eigenvalue weighted by Gasteiger charge is 2.25. The van der Waals surface area contributed by atoms with E-state index in [9.17, 15) is 10.1 Å². The first-order valence-corrected chi connectivity index (χ1v) is 14.9. The number of nitriles is 1. The van der Waals surface area contributed by atoms with Crippen LogP contribution in [0.25, 0.3) is 0 Å². The first-order chi connectivity index (χ1) is 18.5. The highest BCUT2D eigenvalue weighted by molar-refractivity contribution is 14.1. The Balaban J connectivity index is 1.48. The molecule has 1 aromatic heterocycles. The molecule has 3 aromatic carbocycles. The van der Waals surface area contributed by atoms with Gasteiger partial charge in [-0.2, -0.15) is 5.26 Å². The molecule has 1 aliphatic carbocycles. The van der Waals surface area contributed by atoms with Crippen LogP contribution in [0, 0.1) is 14.9 Å². The van der Waals surface area contributed by atoms with Gasteiger partial charge in [0.2, 0.25) is 0 Å². The topological polar surface area (TPSA) is 74.5 Å². The van der Waals surface area contributed by atoms with Crippen LogP contribution in [-0.4, -0.2) is 12.1 Å². The lowest BCUT2D eigenvalue weighted by Crippen LogP contribution is -2.14. The largest absolute Gasteiger partial charge is 0.487 e. The highest BCUT2D eigenvalue weighted by Crippen LogP contribution is 2.40. The minimum absolute atomic E-state index is 0.129. The van der Waals surface area contributed by atoms with Crippen LogP contribution in [0.4, 0.5) is 10.7 Å². The van der Waals surface area contributed by atoms with Gasteiger partial charge in [0.15, 0.2) is 0 Å². The van der Waals surface area contributed by atoms with E-state index >= 15 is 0 Å². The number of aryl methyl sites for hydroxylation is 1. The molecule has 5 nitrogen and oxygen atoms in total. The normalized spacial score (nSPS) is 12.7. The summed E-state index contributed by atoms with van der Waals surface area (Å²) in [6, 6.07) is 23.1. The zero-order valence-electron chi connectivity index (χ0n) is 20.3. The number of thiophene rings is 1. The zero-order valence-corrected chi connectivity index (χ0v) is 24.9. The van der Waals surface area contributed by atoms with Crippen LogP contribution in [0.2, 0.25) is 0 Å². The number of halogens is 2. The molecule has 8 heteroatoms. The van der Waals surface area contributed by atoms with Crippen molar-refractivity contribution in [2.45, 2.75) is 32.3 Å². The summed E-state index contributed by atoms with van der Waals surface area (Å²) >= 11 is 7.43. The van der Waals surface area contributed by atoms with Gasteiger partial charge in [-0.05, 0) is 84.2 Å². The van der Waals surface area contributed by atoms with Gasteiger partial charge in [-0.1, -0.05) is 52.3 Å². The third-order valence-corrected chi connectivity index (χ3v) is 8.74. The molecule has 5 rings (SSSR count). The maximum atomic E-state index is 13.4. The monoisotopic (exact) mass is 695 g/mol. The van der Waals surface area contributed by atoms with Gasteiger partial charge in [-0.3, -0.25) is 4.79 Å². The van der Waals surface area contributed by atoms with Crippen molar-refractivity contribution >= 4 is 72.7 Å². The van der Waals surface area contributed by atoms with Gasteiger partial charge in [0.25, 0.3) is 5.91 Å². The lowest BCUT2D eigenvalue weighted by Gasteiger charge is -2.13. The van der Waals surface area contributed by atoms with Crippen molar-refractivity contribution in [1.82, 2.24) is 0 Å². The summed E-state index contributed by atoms with van der Waals surface area (Å²) in [4.78, 5) is 19.5. The van der Waals surface area contributed by atoms with E-state index in [1.165, 1.54) is 4.88 Å². The molecule has 0 saturated carbocycles. The minimum atomic E-state index is -0.129. The Kier molecular flexibility index (Phi) is 8.57. The van der Waals surface area contributed by atoms with Crippen LogP contribution in [0.15, 0.2) is 76.2 Å². The summed E-state index contributed by atoms with van der Waals surface area (Å²) in [6.07, 6.45) is 5.84. The van der Waals surface area contributed by atoms with E-state index < -0.39 is 0 Å². The Morgan fingerprint density at radius 2 is 1.89 bits per heavy atom. The molecule has 190 valence electrons. The van der Waals surface area contributed by atoms with Gasteiger partial charge in [0.1, 0.15) is 17.4 Å². The molecule has 0 radical (unpaired) electrons. The molecule has 0 unspecified atom stereocenters. The van der Waals surface area contributed by atoms with E-state index in [-0.39, 0.29) is 12.5 Å². The van der Waals surface area contributed by atoms with Crippen LogP contribution < -0.4 is 10.1 Å². The Labute approximate surface area is 247 Å². The number of carbonyl (C=O) groups excluding carboxylic acids is 1. The van der Waals surface area contributed by atoms with E-state index in [0.29, 0.717) is 21.9 Å². The van der Waals surface area contributed by atoms with Crippen molar-refractivity contribution in [2.24, 2.45) is 4.99 Å². The molecule has 0 spiro atoms. The molecule has 38 heavy (non-hydrogen) atoms. The van der Waals surface area contributed by atoms with E-state index in [1.54, 1.807) is 23.6 Å². The van der Waals surface area contributed by atoms with E-state index in [1.807, 2.05) is 60.7 Å². The summed E-state index contributed by atoms with van der Waals surface area (Å²) in [5.74, 6) is 0.554. The minimum Gasteiger partial charge on any atom is -0.487 e. The lowest BCUT2D eigenvalue weighted by molar-refractivity contribution is 0.102. The van der Waals surface area contributed by atoms with Crippen molar-refractivity contribution < 1.29 is 9.53 Å². The molecule has 4 aromatic rings. The lowest BCUT2D eigenvalue weighted by atomic mass is 9.95. The number of amides is 1. The molecule has 1 aliphatic rings. The summed E-state index contributed by atoms with van der Waals surface area (Å²) in [5.41, 5.74) is 4.75. The summed E-state index contributed by atoms with van der Waals surface area (Å²) in [5, 5.41) is 13.2. The number of hydrogen-bond donors (Lipinski definition) is 1. The van der Waals surface area contributed by atoms with Gasteiger partial charge < -0.3 is 10.1 Å². The third-order valence-electron chi connectivity index (χ3n) is 6.28. The number of benzene rings is 3. The quantitative estimate of drug-likeness (QED) is 0.156. The zero-order chi connectivity index (χ0) is 26.5. The van der Waals surface area contributed by atoms with Crippen molar-refractivity contribution in [3.05, 3.63) is 107 Å². The van der Waals surface area contributed by atoms with Gasteiger partial charge >= 0.3 is 0 Å². The molecule has 1 amide bonds. The molecule has 0 aliphatic heterocycles. The maximum absolute atomic E-state index is 13.4. The Hall–Kier alpha value is -3.00. The first kappa shape index (κ1) is 26.6. The number of anilines is 1. The fourth-order valence-corrected chi connectivity index (χ4v) is 7.39. The average molecular weight is 696 g/mol. The molecule has 0 bridgehead atoms. The molecular weight excluding hydrogens is 673 g/mol. The number of hydrogen-bond acceptors (Lipinski definition) is 5. The Morgan fingerprint density at radius 3 is 2.71 bits per heavy atom. The fraction of sp³-hybridized carbons (Fsp3) is 0.167. The second kappa shape index (κ2) is 12.2. The van der Waals surface area contributed by atoms with Crippen LogP contribution in [0.5, 0.6) is 5.75 Å². The molecule has 0 fully saturated rings. The van der Waals surface area contributed by atoms with Gasteiger partial charge in [-0.15, -0.1) is 11.3 Å². The van der Waals surface area contributed by atoms with Gasteiger partial charge in [0, 0.05) is 32.4 Å². The fourth-order valence-electron chi connectivity index (χ4n) is 4.45. The van der Waals surface area contributed by atoms with Crippen molar-refractivity contribution in [3.63, 3.8) is 0 Å². The van der Waals surface area contributed by atoms with Crippen LogP contribution in [0.3, 0.4) is 0 Å². The van der Waals surface area contributed by atoms with E-state index in [0.717, 1.165) is 56.1 Å². The third kappa shape index (κ3) is 6.01. The number of nitrogens with zero attached hydrogens (tertiary/aromatic N) is 2. The van der Waals surface area contributed by atoms with Crippen molar-refractivity contribution in [3.8, 4) is 11.8 Å². The predicted octanol–water partition coefficient (Wildman–Crippen LogP) is 8.45. The van der Waals surface area contributed by atoms with Gasteiger partial charge in [0.05, 0.1) is 20.8 Å². The summed E-state index contributed by atoms with van der Waals surface area (Å²) in [6.45, 7) is 0.264. The van der Waals surface area contributed by atoms with Crippen LogP contribution in [-0.2, 0) is 19.4 Å². The molecule has 1 heterocycles. The number of nitrogens with one attached hydrogen (secondary N) is 1. The van der Waals surface area contributed by atoms with E-state index in [4.69, 9.17) is 9.73 Å². The van der Waals surface area contributed by atoms with Crippen LogP contribution >= 0.6 is 49.9 Å². The molecule has 0 atom stereocenters. The first-order valence-electron chi connectivity index (χ1n) is 12.2. The Bertz CT molecular complexity index is 1560. The number of fused-ring (bicyclic) bond motifs is 1. The Morgan fingerprint density at radius 1 is 1.13 bits per heavy atom. The number of ether oxygens (including phenoxy) is 1. The molecule has 0 saturated heterocycles. The predicted molar refractivity (Wildman–Crippen MR) is 165 cm³/mol. The highest BCUT2D eigenvalue weighted by atomic mass is 127. The van der Waals surface area contributed by atoms with Gasteiger partial charge in [-0.25, -0.2) is 4.99 Å². The molecular formula is C30H23BrIN3O2S. The summed E-state index contributed by atoms with van der Waals surface area (Å²) < 4.78 is 8.05. The van der Waals surface area contributed by atoms with E-state index in [2.05, 4.69) is 49.9 Å². The number of aliphatic imine (C=N–C) groups is 1. The second-order valence-electron chi connectivity index (χ2n) is 8.83. The summed E-state index contributed by atoms with van der Waals surface area (Å²) in [7, 11) is 0. The smallest absolute Gasteiger partial charge is 0.259 e. The standard InChI is InChI=1S/C30H23BrIN3O2S/c31-22-14-21(28(25(32)15-22)37-18-20-9-5-4-8-19(20)16-33)17-34-30-27(24-12-6-7-13-26(24)38-30)29(36)35-23-10-2-1-3-11-23/h1-5,8-11,14-15,17H,6-7,12-13,18H2,(H,35,36). The average Bonchev–Trinajstić information content (AvgIpc) is 3.30. The number of carbonyl (C=O) groups is 1. The SMILES string of the molecule is N#Cc1ccccc1COc1c(I)cc(Br)cc1C=Nc1sc2c(c1C(=O)Nc1ccccc1)CCCC2. The number of para-hydroxylation sites is 1. The van der Waals surface area contributed by atoms with Crippen LogP contribution in [0.1, 0.15) is 50.3 Å².